The number of aromatic nitrogens is 1. The first-order chi connectivity index (χ1) is 12.6. The number of H-pyrrole nitrogens is 1. The minimum absolute atomic E-state index is 0.0913. The first-order valence-electron chi connectivity index (χ1n) is 9.22. The summed E-state index contributed by atoms with van der Waals surface area (Å²) in [7, 11) is 0. The molecule has 2 N–H and O–H groups in total. The summed E-state index contributed by atoms with van der Waals surface area (Å²) in [4.78, 5) is 15.3. The number of aryl methyl sites for hydroxylation is 1. The van der Waals surface area contributed by atoms with Crippen LogP contribution in [0.15, 0.2) is 48.7 Å². The van der Waals surface area contributed by atoms with Crippen molar-refractivity contribution in [3.63, 3.8) is 0 Å². The molecule has 1 aromatic heterocycles. The molecule has 3 rings (SSSR count). The van der Waals surface area contributed by atoms with E-state index in [9.17, 15) is 4.79 Å². The van der Waals surface area contributed by atoms with Crippen LogP contribution in [-0.4, -0.2) is 10.9 Å². The van der Waals surface area contributed by atoms with Crippen molar-refractivity contribution in [2.45, 2.75) is 33.6 Å². The topological polar surface area (TPSA) is 44.9 Å². The number of nitrogens with one attached hydrogen (secondary N) is 2. The lowest BCUT2D eigenvalue weighted by atomic mass is 9.95. The summed E-state index contributed by atoms with van der Waals surface area (Å²) in [6.07, 6.45) is 14.2. The van der Waals surface area contributed by atoms with Crippen molar-refractivity contribution in [1.82, 2.24) is 4.98 Å². The molecule has 0 bridgehead atoms. The van der Waals surface area contributed by atoms with Gasteiger partial charge in [0.25, 0.3) is 0 Å². The standard InChI is InChI=1S/C23H26N2O/c1-4-5-9-23(26)25-20-8-6-7-18(13-20)19-12-16(2)10-11-22-21(14-19)17(3)15-24-22/h5-9,11-16,24H,4,10H2,1-3H3,(H,25,26). The molecule has 1 aliphatic carbocycles. The highest BCUT2D eigenvalue weighted by molar-refractivity contribution is 6.00. The van der Waals surface area contributed by atoms with Gasteiger partial charge in [-0.25, -0.2) is 0 Å². The van der Waals surface area contributed by atoms with Crippen molar-refractivity contribution < 1.29 is 4.79 Å². The molecule has 1 atom stereocenters. The number of hydrogen-bond donors (Lipinski definition) is 2. The van der Waals surface area contributed by atoms with E-state index >= 15 is 0 Å². The van der Waals surface area contributed by atoms with Gasteiger partial charge in [-0.15, -0.1) is 0 Å². The summed E-state index contributed by atoms with van der Waals surface area (Å²) in [5, 5.41) is 5.37. The smallest absolute Gasteiger partial charge is 0.248 e. The summed E-state index contributed by atoms with van der Waals surface area (Å²) in [6, 6.07) is 8.05. The Morgan fingerprint density at radius 2 is 2.23 bits per heavy atom. The molecule has 0 spiro atoms. The molecule has 2 aromatic rings. The van der Waals surface area contributed by atoms with Crippen molar-refractivity contribution >= 4 is 29.3 Å². The second-order valence-corrected chi connectivity index (χ2v) is 6.86. The maximum absolute atomic E-state index is 12.0. The van der Waals surface area contributed by atoms with E-state index in [4.69, 9.17) is 0 Å². The van der Waals surface area contributed by atoms with E-state index in [1.54, 1.807) is 6.08 Å². The molecule has 134 valence electrons. The zero-order valence-corrected chi connectivity index (χ0v) is 15.7. The molecular formula is C23H26N2O. The summed E-state index contributed by atoms with van der Waals surface area (Å²) < 4.78 is 0. The molecule has 0 fully saturated rings. The molecular weight excluding hydrogens is 320 g/mol. The van der Waals surface area contributed by atoms with Gasteiger partial charge in [-0.2, -0.15) is 0 Å². The lowest BCUT2D eigenvalue weighted by molar-refractivity contribution is -0.111. The minimum Gasteiger partial charge on any atom is -0.361 e. The number of fused-ring (bicyclic) bond motifs is 1. The van der Waals surface area contributed by atoms with E-state index in [0.717, 1.165) is 24.1 Å². The molecule has 3 heteroatoms. The van der Waals surface area contributed by atoms with Crippen LogP contribution in [0.5, 0.6) is 0 Å². The van der Waals surface area contributed by atoms with Gasteiger partial charge in [0.1, 0.15) is 0 Å². The highest BCUT2D eigenvalue weighted by atomic mass is 16.1. The zero-order chi connectivity index (χ0) is 18.5. The Morgan fingerprint density at radius 3 is 3.04 bits per heavy atom. The van der Waals surface area contributed by atoms with Crippen molar-refractivity contribution in [3.8, 4) is 0 Å². The zero-order valence-electron chi connectivity index (χ0n) is 15.7. The van der Waals surface area contributed by atoms with Crippen LogP contribution >= 0.6 is 0 Å². The quantitative estimate of drug-likeness (QED) is 0.810. The minimum atomic E-state index is -0.0913. The second kappa shape index (κ2) is 8.05. The molecule has 0 radical (unpaired) electrons. The molecule has 1 aliphatic rings. The van der Waals surface area contributed by atoms with E-state index in [0.29, 0.717) is 5.92 Å². The molecule has 26 heavy (non-hydrogen) atoms. The Balaban J connectivity index is 1.98. The molecule has 1 heterocycles. The monoisotopic (exact) mass is 346 g/mol. The van der Waals surface area contributed by atoms with E-state index in [-0.39, 0.29) is 5.91 Å². The number of anilines is 1. The van der Waals surface area contributed by atoms with Crippen LogP contribution in [0.1, 0.15) is 37.8 Å². The van der Waals surface area contributed by atoms with Gasteiger partial charge in [-0.05, 0) is 66.7 Å². The van der Waals surface area contributed by atoms with Gasteiger partial charge in [-0.3, -0.25) is 4.79 Å². The molecule has 0 aliphatic heterocycles. The van der Waals surface area contributed by atoms with Crippen LogP contribution in [0, 0.1) is 12.8 Å². The van der Waals surface area contributed by atoms with Crippen LogP contribution < -0.4 is 15.9 Å². The number of aromatic amines is 1. The van der Waals surface area contributed by atoms with Crippen LogP contribution in [0.2, 0.25) is 0 Å². The van der Waals surface area contributed by atoms with E-state index in [2.05, 4.69) is 54.6 Å². The van der Waals surface area contributed by atoms with Gasteiger partial charge < -0.3 is 10.3 Å². The second-order valence-electron chi connectivity index (χ2n) is 6.86. The van der Waals surface area contributed by atoms with E-state index in [1.165, 1.54) is 21.7 Å². The average Bonchev–Trinajstić information content (AvgIpc) is 2.95. The largest absolute Gasteiger partial charge is 0.361 e. The van der Waals surface area contributed by atoms with Gasteiger partial charge >= 0.3 is 0 Å². The lowest BCUT2D eigenvalue weighted by Gasteiger charge is -2.11. The number of hydrogen-bond acceptors (Lipinski definition) is 1. The van der Waals surface area contributed by atoms with E-state index < -0.39 is 0 Å². The van der Waals surface area contributed by atoms with Crippen molar-refractivity contribution in [2.24, 2.45) is 5.92 Å². The van der Waals surface area contributed by atoms with Crippen molar-refractivity contribution in [1.29, 1.82) is 0 Å². The molecule has 1 unspecified atom stereocenters. The van der Waals surface area contributed by atoms with E-state index in [1.807, 2.05) is 31.2 Å². The third kappa shape index (κ3) is 4.23. The summed E-state index contributed by atoms with van der Waals surface area (Å²) in [5.74, 6) is 0.357. The maximum atomic E-state index is 12.0. The van der Waals surface area contributed by atoms with Gasteiger partial charge in [0, 0.05) is 22.5 Å². The Hall–Kier alpha value is -2.81. The fraction of sp³-hybridized carbons (Fsp3) is 0.261. The van der Waals surface area contributed by atoms with Crippen molar-refractivity contribution in [3.05, 3.63) is 70.4 Å². The van der Waals surface area contributed by atoms with Crippen LogP contribution in [0.25, 0.3) is 17.7 Å². The van der Waals surface area contributed by atoms with Gasteiger partial charge in [0.05, 0.1) is 0 Å². The molecule has 3 nitrogen and oxygen atoms in total. The van der Waals surface area contributed by atoms with Gasteiger partial charge in [-0.1, -0.05) is 44.2 Å². The number of amides is 1. The first kappa shape index (κ1) is 18.0. The third-order valence-electron chi connectivity index (χ3n) is 4.59. The fourth-order valence-electron chi connectivity index (χ4n) is 3.16. The predicted octanol–water partition coefficient (Wildman–Crippen LogP) is 3.91. The number of carbonyl (C=O) groups is 1. The van der Waals surface area contributed by atoms with Crippen molar-refractivity contribution in [2.75, 3.05) is 5.32 Å². The predicted molar refractivity (Wildman–Crippen MR) is 110 cm³/mol. The molecule has 1 aromatic carbocycles. The SMILES string of the molecule is CCC=CC(=O)Nc1cccc(C2=CC(C)CC=c3[nH]cc(C)c3=C2)c1. The number of allylic oxidation sites excluding steroid dienone is 3. The van der Waals surface area contributed by atoms with Crippen LogP contribution in [0.3, 0.4) is 0 Å². The Bertz CT molecular complexity index is 976. The van der Waals surface area contributed by atoms with Gasteiger partial charge in [0.2, 0.25) is 5.91 Å². The van der Waals surface area contributed by atoms with Crippen LogP contribution in [0.4, 0.5) is 5.69 Å². The highest BCUT2D eigenvalue weighted by Gasteiger charge is 2.08. The van der Waals surface area contributed by atoms with Crippen LogP contribution in [-0.2, 0) is 4.79 Å². The fourth-order valence-corrected chi connectivity index (χ4v) is 3.16. The summed E-state index contributed by atoms with van der Waals surface area (Å²) >= 11 is 0. The number of carbonyl (C=O) groups excluding carboxylic acids is 1. The Kier molecular flexibility index (Phi) is 5.57. The molecule has 0 saturated carbocycles. The lowest BCUT2D eigenvalue weighted by Crippen LogP contribution is -2.25. The average molecular weight is 346 g/mol. The summed E-state index contributed by atoms with van der Waals surface area (Å²) in [5.41, 5.74) is 4.36. The first-order valence-corrected chi connectivity index (χ1v) is 9.22. The maximum Gasteiger partial charge on any atom is 0.248 e. The third-order valence-corrected chi connectivity index (χ3v) is 4.59. The number of benzene rings is 1. The molecule has 1 amide bonds. The Labute approximate surface area is 154 Å². The normalized spacial score (nSPS) is 16.7. The Morgan fingerprint density at radius 1 is 1.38 bits per heavy atom. The highest BCUT2D eigenvalue weighted by Crippen LogP contribution is 2.23. The number of rotatable bonds is 4. The molecule has 0 saturated heterocycles. The summed E-state index contributed by atoms with van der Waals surface area (Å²) in [6.45, 7) is 6.36. The van der Waals surface area contributed by atoms with Gasteiger partial charge in [0.15, 0.2) is 0 Å².